The molecule has 0 saturated heterocycles. The van der Waals surface area contributed by atoms with Crippen LogP contribution in [0.4, 0.5) is 0 Å². The highest BCUT2D eigenvalue weighted by molar-refractivity contribution is 5.18. The Balaban J connectivity index is 1.35. The van der Waals surface area contributed by atoms with Crippen LogP contribution < -0.4 is 0 Å². The quantitative estimate of drug-likeness (QED) is 0.682. The summed E-state index contributed by atoms with van der Waals surface area (Å²) >= 11 is 0. The predicted octanol–water partition coefficient (Wildman–Crippen LogP) is 5.75. The van der Waals surface area contributed by atoms with Gasteiger partial charge in [0.2, 0.25) is 0 Å². The molecule has 2 N–H and O–H groups in total. The van der Waals surface area contributed by atoms with Crippen LogP contribution in [0.1, 0.15) is 83.6 Å². The third kappa shape index (κ3) is 3.04. The van der Waals surface area contributed by atoms with E-state index in [9.17, 15) is 10.2 Å². The second kappa shape index (κ2) is 7.09. The second-order valence-electron chi connectivity index (χ2n) is 11.6. The normalized spacial score (nSPS) is 49.2. The van der Waals surface area contributed by atoms with Crippen LogP contribution in [0, 0.1) is 34.5 Å². The van der Waals surface area contributed by atoms with E-state index in [0.29, 0.717) is 11.3 Å². The van der Waals surface area contributed by atoms with Gasteiger partial charge in [0.05, 0.1) is 11.7 Å². The second-order valence-corrected chi connectivity index (χ2v) is 11.6. The van der Waals surface area contributed by atoms with Gasteiger partial charge in [0.15, 0.2) is 0 Å². The summed E-state index contributed by atoms with van der Waals surface area (Å²) in [5.41, 5.74) is 1.36. The van der Waals surface area contributed by atoms with E-state index in [1.165, 1.54) is 44.1 Å². The zero-order valence-corrected chi connectivity index (χ0v) is 18.4. The molecule has 1 aromatic rings. The molecule has 0 aromatic heterocycles. The molecule has 0 radical (unpaired) electrons. The molecule has 4 fully saturated rings. The van der Waals surface area contributed by atoms with E-state index in [2.05, 4.69) is 44.2 Å². The van der Waals surface area contributed by atoms with Gasteiger partial charge in [-0.25, -0.2) is 0 Å². The van der Waals surface area contributed by atoms with Gasteiger partial charge in [-0.05, 0) is 111 Å². The highest BCUT2D eigenvalue weighted by Crippen LogP contribution is 2.68. The van der Waals surface area contributed by atoms with Crippen molar-refractivity contribution in [2.75, 3.05) is 0 Å². The number of rotatable bonds is 3. The molecular weight excluding hydrogens is 356 g/mol. The van der Waals surface area contributed by atoms with E-state index in [4.69, 9.17) is 0 Å². The van der Waals surface area contributed by atoms with Crippen molar-refractivity contribution < 1.29 is 10.2 Å². The minimum Gasteiger partial charge on any atom is -0.393 e. The number of benzene rings is 1. The Morgan fingerprint density at radius 3 is 2.45 bits per heavy atom. The van der Waals surface area contributed by atoms with Crippen LogP contribution in [0.5, 0.6) is 0 Å². The largest absolute Gasteiger partial charge is 0.393 e. The van der Waals surface area contributed by atoms with Crippen LogP contribution in [0.15, 0.2) is 30.3 Å². The van der Waals surface area contributed by atoms with Gasteiger partial charge in [0.25, 0.3) is 0 Å². The van der Waals surface area contributed by atoms with Crippen molar-refractivity contribution in [2.24, 2.45) is 34.5 Å². The Morgan fingerprint density at radius 1 is 0.897 bits per heavy atom. The van der Waals surface area contributed by atoms with Gasteiger partial charge in [0, 0.05) is 0 Å². The molecule has 4 aliphatic rings. The fraction of sp³-hybridized carbons (Fsp3) is 0.778. The number of fused-ring (bicyclic) bond motifs is 5. The Bertz CT molecular complexity index is 731. The van der Waals surface area contributed by atoms with Crippen LogP contribution in [-0.4, -0.2) is 21.9 Å². The Hall–Kier alpha value is -0.860. The summed E-state index contributed by atoms with van der Waals surface area (Å²) in [5, 5.41) is 22.1. The SMILES string of the molecule is C[C@]12CC[C@H](O)C[C@@H]1CC[C@@H]1[C@@H]2CC[C@@]2(C)[C@H]1CC[C@]2(O)CCc1ccccc1. The molecule has 1 aromatic carbocycles. The highest BCUT2D eigenvalue weighted by Gasteiger charge is 2.64. The van der Waals surface area contributed by atoms with Crippen molar-refractivity contribution in [1.82, 2.24) is 0 Å². The average Bonchev–Trinajstić information content (AvgIpc) is 2.99. The molecule has 4 saturated carbocycles. The minimum absolute atomic E-state index is 0.0620. The molecule has 0 amide bonds. The average molecular weight is 397 g/mol. The van der Waals surface area contributed by atoms with Gasteiger partial charge >= 0.3 is 0 Å². The van der Waals surface area contributed by atoms with Crippen molar-refractivity contribution in [1.29, 1.82) is 0 Å². The van der Waals surface area contributed by atoms with Crippen LogP contribution in [0.2, 0.25) is 0 Å². The highest BCUT2D eigenvalue weighted by atomic mass is 16.3. The first kappa shape index (κ1) is 20.1. The zero-order chi connectivity index (χ0) is 20.3. The monoisotopic (exact) mass is 396 g/mol. The van der Waals surface area contributed by atoms with Crippen LogP contribution >= 0.6 is 0 Å². The summed E-state index contributed by atoms with van der Waals surface area (Å²) < 4.78 is 0. The number of aliphatic hydroxyl groups excluding tert-OH is 1. The van der Waals surface area contributed by atoms with Crippen molar-refractivity contribution in [3.05, 3.63) is 35.9 Å². The molecule has 160 valence electrons. The van der Waals surface area contributed by atoms with Crippen molar-refractivity contribution in [3.8, 4) is 0 Å². The lowest BCUT2D eigenvalue weighted by Gasteiger charge is -2.61. The summed E-state index contributed by atoms with van der Waals surface area (Å²) in [5.74, 6) is 3.00. The lowest BCUT2D eigenvalue weighted by atomic mass is 9.44. The number of aliphatic hydroxyl groups is 2. The van der Waals surface area contributed by atoms with E-state index in [-0.39, 0.29) is 11.5 Å². The first-order chi connectivity index (χ1) is 13.9. The topological polar surface area (TPSA) is 40.5 Å². The van der Waals surface area contributed by atoms with Gasteiger partial charge in [-0.1, -0.05) is 44.2 Å². The third-order valence-electron chi connectivity index (χ3n) is 10.6. The molecule has 2 heteroatoms. The molecule has 5 rings (SSSR count). The van der Waals surface area contributed by atoms with Crippen LogP contribution in [0.3, 0.4) is 0 Å². The molecule has 29 heavy (non-hydrogen) atoms. The Kier molecular flexibility index (Phi) is 4.91. The fourth-order valence-electron chi connectivity index (χ4n) is 8.75. The van der Waals surface area contributed by atoms with E-state index >= 15 is 0 Å². The fourth-order valence-corrected chi connectivity index (χ4v) is 8.75. The maximum absolute atomic E-state index is 11.9. The summed E-state index contributed by atoms with van der Waals surface area (Å²) in [4.78, 5) is 0. The molecule has 4 aliphatic carbocycles. The molecule has 8 atom stereocenters. The van der Waals surface area contributed by atoms with Crippen LogP contribution in [-0.2, 0) is 6.42 Å². The minimum atomic E-state index is -0.501. The molecule has 2 nitrogen and oxygen atoms in total. The van der Waals surface area contributed by atoms with Crippen molar-refractivity contribution in [3.63, 3.8) is 0 Å². The first-order valence-corrected chi connectivity index (χ1v) is 12.3. The van der Waals surface area contributed by atoms with Gasteiger partial charge in [0.1, 0.15) is 0 Å². The molecular formula is C27H40O2. The summed E-state index contributed by atoms with van der Waals surface area (Å²) in [6.45, 7) is 4.99. The van der Waals surface area contributed by atoms with Gasteiger partial charge < -0.3 is 10.2 Å². The maximum atomic E-state index is 11.9. The number of hydrogen-bond acceptors (Lipinski definition) is 2. The molecule has 0 heterocycles. The molecule has 0 bridgehead atoms. The standard InChI is InChI=1S/C27H40O2/c1-25-14-11-21(28)18-20(25)8-9-22-23(25)12-15-26(2)24(22)13-17-27(26,29)16-10-19-6-4-3-5-7-19/h3-7,20-24,28-29H,8-18H2,1-2H3/t20-,21-,22+,23-,24-,25-,26-,27+/m0/s1. The predicted molar refractivity (Wildman–Crippen MR) is 117 cm³/mol. The number of aryl methyl sites for hydroxylation is 1. The molecule has 0 aliphatic heterocycles. The van der Waals surface area contributed by atoms with Gasteiger partial charge in [-0.3, -0.25) is 0 Å². The third-order valence-corrected chi connectivity index (χ3v) is 10.6. The summed E-state index contributed by atoms with van der Waals surface area (Å²) in [7, 11) is 0. The smallest absolute Gasteiger partial charge is 0.0707 e. The van der Waals surface area contributed by atoms with Gasteiger partial charge in [-0.2, -0.15) is 0 Å². The summed E-state index contributed by atoms with van der Waals surface area (Å²) in [6.07, 6.45) is 12.4. The van der Waals surface area contributed by atoms with Crippen molar-refractivity contribution in [2.45, 2.75) is 96.2 Å². The van der Waals surface area contributed by atoms with Crippen molar-refractivity contribution >= 4 is 0 Å². The van der Waals surface area contributed by atoms with E-state index in [1.807, 2.05) is 0 Å². The lowest BCUT2D eigenvalue weighted by Crippen LogP contribution is -2.56. The lowest BCUT2D eigenvalue weighted by molar-refractivity contribution is -0.160. The van der Waals surface area contributed by atoms with E-state index < -0.39 is 5.60 Å². The maximum Gasteiger partial charge on any atom is 0.0707 e. The number of hydrogen-bond donors (Lipinski definition) is 2. The van der Waals surface area contributed by atoms with E-state index in [0.717, 1.165) is 49.9 Å². The zero-order valence-electron chi connectivity index (χ0n) is 18.4. The Labute approximate surface area is 177 Å². The van der Waals surface area contributed by atoms with E-state index in [1.54, 1.807) is 0 Å². The molecule has 0 spiro atoms. The Morgan fingerprint density at radius 2 is 1.66 bits per heavy atom. The van der Waals surface area contributed by atoms with Crippen LogP contribution in [0.25, 0.3) is 0 Å². The van der Waals surface area contributed by atoms with Gasteiger partial charge in [-0.15, -0.1) is 0 Å². The summed E-state index contributed by atoms with van der Waals surface area (Å²) in [6, 6.07) is 10.7. The first-order valence-electron chi connectivity index (χ1n) is 12.3. The molecule has 0 unspecified atom stereocenters.